The molecule has 1 unspecified atom stereocenters. The molecule has 0 saturated heterocycles. The largest absolute Gasteiger partial charge is 0.425 e. The van der Waals surface area contributed by atoms with Crippen molar-refractivity contribution in [1.29, 1.82) is 0 Å². The quantitative estimate of drug-likeness (QED) is 0.424. The number of carbonyl (C=O) groups excluding carboxylic acids is 1. The monoisotopic (exact) mass is 217 g/mol. The van der Waals surface area contributed by atoms with Gasteiger partial charge in [-0.1, -0.05) is 11.8 Å². The summed E-state index contributed by atoms with van der Waals surface area (Å²) in [5.41, 5.74) is 4.70. The first-order valence-electron chi connectivity index (χ1n) is 2.18. The van der Waals surface area contributed by atoms with Crippen LogP contribution in [0.25, 0.3) is 0 Å². The zero-order valence-corrected chi connectivity index (χ0v) is 8.30. The number of thiol groups is 3. The summed E-state index contributed by atoms with van der Waals surface area (Å²) >= 11 is 12.8. The Balaban J connectivity index is 3.43. The molecule has 7 heteroatoms. The molecule has 0 aromatic rings. The van der Waals surface area contributed by atoms with Gasteiger partial charge in [-0.25, -0.2) is 4.79 Å². The number of rotatable bonds is 3. The van der Waals surface area contributed by atoms with Gasteiger partial charge < -0.3 is 10.5 Å². The highest BCUT2D eigenvalue weighted by Gasteiger charge is 2.09. The number of carbonyl (C=O) groups is 1. The molecule has 2 N–H and O–H groups in total. The van der Waals surface area contributed by atoms with Gasteiger partial charge in [-0.2, -0.15) is 25.3 Å². The van der Waals surface area contributed by atoms with Gasteiger partial charge in [0, 0.05) is 0 Å². The van der Waals surface area contributed by atoms with Crippen LogP contribution in [-0.2, 0) is 4.74 Å². The molecule has 0 aromatic carbocycles. The second-order valence-electron chi connectivity index (χ2n) is 1.21. The standard InChI is InChI=1S/C3H7NO2S4/c4-1(5)6-2(7)10-3(8)9/h2-3,7-9H,(H2,4,5). The molecule has 0 aliphatic carbocycles. The number of thioether (sulfide) groups is 1. The van der Waals surface area contributed by atoms with Crippen molar-refractivity contribution in [2.45, 2.75) is 8.68 Å². The third-order valence-electron chi connectivity index (χ3n) is 0.455. The SMILES string of the molecule is NC(=O)OC(S)SC(S)S. The van der Waals surface area contributed by atoms with Gasteiger partial charge in [0.05, 0.1) is 3.91 Å². The van der Waals surface area contributed by atoms with Crippen LogP contribution < -0.4 is 5.73 Å². The third-order valence-corrected chi connectivity index (χ3v) is 2.23. The first kappa shape index (κ1) is 10.7. The molecule has 3 nitrogen and oxygen atoms in total. The number of hydrogen-bond donors (Lipinski definition) is 4. The van der Waals surface area contributed by atoms with Crippen molar-refractivity contribution < 1.29 is 9.53 Å². The average Bonchev–Trinajstić information content (AvgIpc) is 1.58. The topological polar surface area (TPSA) is 52.3 Å². The van der Waals surface area contributed by atoms with E-state index in [1.807, 2.05) is 0 Å². The van der Waals surface area contributed by atoms with Crippen molar-refractivity contribution in [3.8, 4) is 0 Å². The maximum absolute atomic E-state index is 10.1. The van der Waals surface area contributed by atoms with E-state index < -0.39 is 10.9 Å². The third kappa shape index (κ3) is 6.79. The predicted molar refractivity (Wildman–Crippen MR) is 52.8 cm³/mol. The summed E-state index contributed by atoms with van der Waals surface area (Å²) in [6, 6.07) is 0. The van der Waals surface area contributed by atoms with Crippen molar-refractivity contribution in [2.75, 3.05) is 0 Å². The fraction of sp³-hybridized carbons (Fsp3) is 0.667. The molecule has 60 valence electrons. The van der Waals surface area contributed by atoms with Crippen molar-refractivity contribution in [3.63, 3.8) is 0 Å². The summed E-state index contributed by atoms with van der Waals surface area (Å²) in [4.78, 5) is 10.1. The van der Waals surface area contributed by atoms with Crippen LogP contribution in [0.1, 0.15) is 0 Å². The van der Waals surface area contributed by atoms with Crippen LogP contribution >= 0.6 is 49.6 Å². The number of primary amides is 1. The lowest BCUT2D eigenvalue weighted by atomic mass is 11.2. The molecule has 0 aliphatic rings. The van der Waals surface area contributed by atoms with Gasteiger partial charge in [0.2, 0.25) is 0 Å². The number of nitrogens with two attached hydrogens (primary N) is 1. The molecule has 1 atom stereocenters. The molecule has 0 aromatic heterocycles. The minimum atomic E-state index is -0.852. The van der Waals surface area contributed by atoms with E-state index in [-0.39, 0.29) is 3.91 Å². The molecule has 0 aliphatic heterocycles. The zero-order chi connectivity index (χ0) is 8.15. The van der Waals surface area contributed by atoms with Crippen molar-refractivity contribution in [1.82, 2.24) is 0 Å². The molecule has 0 spiro atoms. The van der Waals surface area contributed by atoms with Gasteiger partial charge in [-0.05, 0) is 0 Å². The lowest BCUT2D eigenvalue weighted by Gasteiger charge is -2.10. The van der Waals surface area contributed by atoms with Crippen LogP contribution in [0, 0.1) is 0 Å². The Morgan fingerprint density at radius 2 is 2.00 bits per heavy atom. The Morgan fingerprint density at radius 3 is 2.30 bits per heavy atom. The van der Waals surface area contributed by atoms with Gasteiger partial charge in [0.25, 0.3) is 0 Å². The lowest BCUT2D eigenvalue weighted by molar-refractivity contribution is 0.170. The van der Waals surface area contributed by atoms with Gasteiger partial charge in [-0.3, -0.25) is 0 Å². The molecule has 0 heterocycles. The van der Waals surface area contributed by atoms with Crippen LogP contribution in [0.2, 0.25) is 0 Å². The van der Waals surface area contributed by atoms with Crippen LogP contribution in [0.3, 0.4) is 0 Å². The fourth-order valence-corrected chi connectivity index (χ4v) is 2.30. The molecule has 0 saturated carbocycles. The van der Waals surface area contributed by atoms with Crippen LogP contribution in [0.15, 0.2) is 0 Å². The molecular formula is C3H7NO2S4. The van der Waals surface area contributed by atoms with E-state index >= 15 is 0 Å². The Hall–Kier alpha value is 0.670. The van der Waals surface area contributed by atoms with E-state index in [4.69, 9.17) is 5.73 Å². The van der Waals surface area contributed by atoms with Gasteiger partial charge in [0.15, 0.2) is 4.77 Å². The summed E-state index contributed by atoms with van der Waals surface area (Å²) in [5.74, 6) is 0. The Bertz CT molecular complexity index is 119. The van der Waals surface area contributed by atoms with Crippen LogP contribution in [0.4, 0.5) is 4.79 Å². The lowest BCUT2D eigenvalue weighted by Crippen LogP contribution is -2.17. The minimum Gasteiger partial charge on any atom is -0.425 e. The smallest absolute Gasteiger partial charge is 0.406 e. The minimum absolute atomic E-state index is 0.234. The van der Waals surface area contributed by atoms with E-state index in [2.05, 4.69) is 42.6 Å². The Morgan fingerprint density at radius 1 is 1.50 bits per heavy atom. The summed E-state index contributed by atoms with van der Waals surface area (Å²) < 4.78 is 3.60. The summed E-state index contributed by atoms with van der Waals surface area (Å²) in [6.07, 6.45) is -0.852. The molecular weight excluding hydrogens is 210 g/mol. The van der Waals surface area contributed by atoms with Crippen LogP contribution in [-0.4, -0.2) is 14.8 Å². The highest BCUT2D eigenvalue weighted by molar-refractivity contribution is 8.25. The fourth-order valence-electron chi connectivity index (χ4n) is 0.231. The molecule has 0 fully saturated rings. The molecule has 10 heavy (non-hydrogen) atoms. The second-order valence-corrected chi connectivity index (χ2v) is 5.34. The summed E-state index contributed by atoms with van der Waals surface area (Å²) in [5, 5.41) is 0. The van der Waals surface area contributed by atoms with Crippen molar-refractivity contribution in [3.05, 3.63) is 0 Å². The van der Waals surface area contributed by atoms with E-state index in [9.17, 15) is 4.79 Å². The molecule has 0 radical (unpaired) electrons. The van der Waals surface area contributed by atoms with E-state index in [0.717, 1.165) is 11.8 Å². The maximum Gasteiger partial charge on any atom is 0.406 e. The van der Waals surface area contributed by atoms with Crippen LogP contribution in [0.5, 0.6) is 0 Å². The average molecular weight is 217 g/mol. The molecule has 1 amide bonds. The predicted octanol–water partition coefficient (Wildman–Crippen LogP) is 1.17. The van der Waals surface area contributed by atoms with E-state index in [1.165, 1.54) is 0 Å². The second kappa shape index (κ2) is 5.34. The van der Waals surface area contributed by atoms with Crippen molar-refractivity contribution in [2.24, 2.45) is 5.73 Å². The highest BCUT2D eigenvalue weighted by Crippen LogP contribution is 2.26. The van der Waals surface area contributed by atoms with E-state index in [1.54, 1.807) is 0 Å². The zero-order valence-electron chi connectivity index (χ0n) is 4.80. The Kier molecular flexibility index (Phi) is 5.69. The number of hydrogen-bond acceptors (Lipinski definition) is 6. The first-order valence-corrected chi connectivity index (χ1v) is 4.67. The normalized spacial score (nSPS) is 13.2. The highest BCUT2D eigenvalue weighted by atomic mass is 32.2. The van der Waals surface area contributed by atoms with Gasteiger partial charge >= 0.3 is 6.09 Å². The Labute approximate surface area is 79.7 Å². The molecule has 0 bridgehead atoms. The summed E-state index contributed by atoms with van der Waals surface area (Å²) in [7, 11) is 0. The molecule has 0 rings (SSSR count). The summed E-state index contributed by atoms with van der Waals surface area (Å²) in [6.45, 7) is 0. The van der Waals surface area contributed by atoms with Gasteiger partial charge in [-0.15, -0.1) is 12.6 Å². The van der Waals surface area contributed by atoms with E-state index in [0.29, 0.717) is 0 Å². The number of amides is 1. The van der Waals surface area contributed by atoms with Gasteiger partial charge in [0.1, 0.15) is 0 Å². The maximum atomic E-state index is 10.1. The van der Waals surface area contributed by atoms with Crippen molar-refractivity contribution >= 4 is 55.7 Å². The first-order chi connectivity index (χ1) is 4.52. The number of ether oxygens (including phenoxy) is 1.